The highest BCUT2D eigenvalue weighted by molar-refractivity contribution is 5.58. The van der Waals surface area contributed by atoms with Gasteiger partial charge in [-0.1, -0.05) is 13.8 Å². The zero-order valence-corrected chi connectivity index (χ0v) is 7.18. The molecule has 1 N–H and O–H groups in total. The Kier molecular flexibility index (Phi) is 4.63. The van der Waals surface area contributed by atoms with E-state index >= 15 is 0 Å². The zero-order chi connectivity index (χ0) is 7.98. The molecule has 0 spiro atoms. The van der Waals surface area contributed by atoms with Crippen LogP contribution in [-0.4, -0.2) is 12.4 Å². The standard InChI is InChI=1S/C6H10N2.C2H6/c1-5-3-7-4-8-6(5)2;1-2/h3-4,6H,1-2H3,(H,7,8);1-2H3. The third-order valence-electron chi connectivity index (χ3n) is 1.34. The summed E-state index contributed by atoms with van der Waals surface area (Å²) in [5, 5.41) is 2.91. The zero-order valence-electron chi connectivity index (χ0n) is 7.18. The monoisotopic (exact) mass is 140 g/mol. The van der Waals surface area contributed by atoms with Crippen LogP contribution in [0, 0.1) is 0 Å². The average molecular weight is 140 g/mol. The van der Waals surface area contributed by atoms with Crippen LogP contribution in [0.1, 0.15) is 27.7 Å². The van der Waals surface area contributed by atoms with Gasteiger partial charge in [0, 0.05) is 6.20 Å². The predicted molar refractivity (Wildman–Crippen MR) is 46.2 cm³/mol. The Labute approximate surface area is 63.0 Å². The summed E-state index contributed by atoms with van der Waals surface area (Å²) < 4.78 is 0. The summed E-state index contributed by atoms with van der Waals surface area (Å²) in [7, 11) is 0. The van der Waals surface area contributed by atoms with Crippen LogP contribution in [0.15, 0.2) is 16.8 Å². The van der Waals surface area contributed by atoms with Crippen LogP contribution in [-0.2, 0) is 0 Å². The van der Waals surface area contributed by atoms with Gasteiger partial charge in [-0.2, -0.15) is 0 Å². The van der Waals surface area contributed by atoms with Gasteiger partial charge in [0.05, 0.1) is 12.4 Å². The molecular formula is C8H16N2. The lowest BCUT2D eigenvalue weighted by atomic mass is 10.2. The fraction of sp³-hybridized carbons (Fsp3) is 0.625. The first kappa shape index (κ1) is 9.21. The number of nitrogens with one attached hydrogen (secondary N) is 1. The van der Waals surface area contributed by atoms with Gasteiger partial charge in [0.25, 0.3) is 0 Å². The highest BCUT2D eigenvalue weighted by Crippen LogP contribution is 2.04. The number of aliphatic imine (C=N–C) groups is 1. The number of hydrogen-bond acceptors (Lipinski definition) is 2. The molecule has 0 saturated carbocycles. The fourth-order valence-electron chi connectivity index (χ4n) is 0.562. The quantitative estimate of drug-likeness (QED) is 0.546. The topological polar surface area (TPSA) is 24.4 Å². The smallest absolute Gasteiger partial charge is 0.0870 e. The van der Waals surface area contributed by atoms with Crippen LogP contribution in [0.4, 0.5) is 0 Å². The molecule has 0 saturated heterocycles. The van der Waals surface area contributed by atoms with Crippen molar-refractivity contribution in [1.29, 1.82) is 0 Å². The van der Waals surface area contributed by atoms with Crippen molar-refractivity contribution in [1.82, 2.24) is 5.32 Å². The van der Waals surface area contributed by atoms with E-state index in [2.05, 4.69) is 24.2 Å². The van der Waals surface area contributed by atoms with Gasteiger partial charge in [-0.05, 0) is 19.4 Å². The van der Waals surface area contributed by atoms with Crippen LogP contribution in [0.5, 0.6) is 0 Å². The van der Waals surface area contributed by atoms with Gasteiger partial charge >= 0.3 is 0 Å². The summed E-state index contributed by atoms with van der Waals surface area (Å²) in [5.74, 6) is 0. The molecule has 0 aliphatic carbocycles. The van der Waals surface area contributed by atoms with Gasteiger partial charge in [-0.15, -0.1) is 0 Å². The van der Waals surface area contributed by atoms with E-state index in [4.69, 9.17) is 0 Å². The lowest BCUT2D eigenvalue weighted by Gasteiger charge is -2.10. The molecule has 0 fully saturated rings. The molecule has 1 heterocycles. The van der Waals surface area contributed by atoms with Crippen molar-refractivity contribution in [3.63, 3.8) is 0 Å². The first-order valence-electron chi connectivity index (χ1n) is 3.75. The normalized spacial score (nSPS) is 22.0. The summed E-state index contributed by atoms with van der Waals surface area (Å²) >= 11 is 0. The van der Waals surface area contributed by atoms with Gasteiger partial charge < -0.3 is 5.32 Å². The van der Waals surface area contributed by atoms with Crippen LogP contribution >= 0.6 is 0 Å². The van der Waals surface area contributed by atoms with Crippen molar-refractivity contribution < 1.29 is 0 Å². The van der Waals surface area contributed by atoms with Gasteiger partial charge in [0.2, 0.25) is 0 Å². The Hall–Kier alpha value is -0.790. The van der Waals surface area contributed by atoms with E-state index in [-0.39, 0.29) is 0 Å². The van der Waals surface area contributed by atoms with Gasteiger partial charge in [0.15, 0.2) is 0 Å². The molecule has 1 unspecified atom stereocenters. The van der Waals surface area contributed by atoms with Crippen LogP contribution in [0.2, 0.25) is 0 Å². The highest BCUT2D eigenvalue weighted by atomic mass is 15.0. The molecule has 2 nitrogen and oxygen atoms in total. The van der Waals surface area contributed by atoms with Crippen molar-refractivity contribution >= 4 is 6.34 Å². The van der Waals surface area contributed by atoms with E-state index in [1.807, 2.05) is 20.0 Å². The van der Waals surface area contributed by atoms with Gasteiger partial charge in [0.1, 0.15) is 0 Å². The van der Waals surface area contributed by atoms with Gasteiger partial charge in [-0.3, -0.25) is 4.99 Å². The maximum absolute atomic E-state index is 4.11. The fourth-order valence-corrected chi connectivity index (χ4v) is 0.562. The minimum atomic E-state index is 0.372. The minimum Gasteiger partial charge on any atom is -0.353 e. The van der Waals surface area contributed by atoms with Crippen molar-refractivity contribution in [2.75, 3.05) is 0 Å². The van der Waals surface area contributed by atoms with E-state index < -0.39 is 0 Å². The van der Waals surface area contributed by atoms with Crippen molar-refractivity contribution in [3.8, 4) is 0 Å². The van der Waals surface area contributed by atoms with Crippen molar-refractivity contribution in [3.05, 3.63) is 11.8 Å². The Balaban J connectivity index is 0.000000371. The second-order valence-electron chi connectivity index (χ2n) is 2.01. The van der Waals surface area contributed by atoms with Crippen molar-refractivity contribution in [2.45, 2.75) is 33.7 Å². The molecule has 1 atom stereocenters. The van der Waals surface area contributed by atoms with E-state index in [0.717, 1.165) is 0 Å². The van der Waals surface area contributed by atoms with Crippen LogP contribution in [0.3, 0.4) is 0 Å². The predicted octanol–water partition coefficient (Wildman–Crippen LogP) is 1.94. The molecule has 1 aliphatic rings. The molecule has 0 aromatic rings. The maximum atomic E-state index is 4.11. The molecule has 0 aromatic carbocycles. The molecule has 58 valence electrons. The third kappa shape index (κ3) is 2.67. The van der Waals surface area contributed by atoms with E-state index in [1.165, 1.54) is 5.57 Å². The van der Waals surface area contributed by atoms with Crippen LogP contribution in [0.25, 0.3) is 0 Å². The molecule has 0 aromatic heterocycles. The molecule has 0 amide bonds. The summed E-state index contributed by atoms with van der Waals surface area (Å²) in [5.41, 5.74) is 1.28. The minimum absolute atomic E-state index is 0.372. The molecule has 1 rings (SSSR count). The summed E-state index contributed by atoms with van der Waals surface area (Å²) in [6.07, 6.45) is 3.69. The Bertz CT molecular complexity index is 136. The Morgan fingerprint density at radius 2 is 2.10 bits per heavy atom. The molecule has 0 radical (unpaired) electrons. The molecule has 10 heavy (non-hydrogen) atoms. The number of nitrogens with zero attached hydrogens (tertiary/aromatic N) is 1. The Morgan fingerprint density at radius 3 is 2.40 bits per heavy atom. The molecule has 1 aliphatic heterocycles. The number of hydrogen-bond donors (Lipinski definition) is 1. The largest absolute Gasteiger partial charge is 0.353 e. The van der Waals surface area contributed by atoms with Crippen LogP contribution < -0.4 is 5.32 Å². The van der Waals surface area contributed by atoms with E-state index in [1.54, 1.807) is 6.34 Å². The summed E-state index contributed by atoms with van der Waals surface area (Å²) in [6, 6.07) is 0.372. The highest BCUT2D eigenvalue weighted by Gasteiger charge is 2.01. The lowest BCUT2D eigenvalue weighted by molar-refractivity contribution is 0.833. The number of rotatable bonds is 0. The SMILES string of the molecule is CC.CC1=CNC=NC1C. The molecule has 0 bridgehead atoms. The van der Waals surface area contributed by atoms with Gasteiger partial charge in [-0.25, -0.2) is 0 Å². The molecular weight excluding hydrogens is 124 g/mol. The lowest BCUT2D eigenvalue weighted by Crippen LogP contribution is -2.14. The summed E-state index contributed by atoms with van der Waals surface area (Å²) in [6.45, 7) is 8.14. The summed E-state index contributed by atoms with van der Waals surface area (Å²) in [4.78, 5) is 4.11. The van der Waals surface area contributed by atoms with Crippen molar-refractivity contribution in [2.24, 2.45) is 4.99 Å². The Morgan fingerprint density at radius 1 is 1.50 bits per heavy atom. The first-order chi connectivity index (χ1) is 4.80. The first-order valence-corrected chi connectivity index (χ1v) is 3.75. The van der Waals surface area contributed by atoms with E-state index in [9.17, 15) is 0 Å². The second kappa shape index (κ2) is 5.03. The van der Waals surface area contributed by atoms with E-state index in [0.29, 0.717) is 6.04 Å². The second-order valence-corrected chi connectivity index (χ2v) is 2.01. The average Bonchev–Trinajstić information content (AvgIpc) is 2.00. The maximum Gasteiger partial charge on any atom is 0.0870 e. The molecule has 2 heteroatoms. The third-order valence-corrected chi connectivity index (χ3v) is 1.34.